The van der Waals surface area contributed by atoms with Crippen LogP contribution in [-0.4, -0.2) is 46.5 Å². The van der Waals surface area contributed by atoms with E-state index in [0.717, 1.165) is 60.2 Å². The molecule has 4 N–H and O–H groups in total. The number of nitrogens with two attached hydrogens (primary N) is 1. The predicted molar refractivity (Wildman–Crippen MR) is 143 cm³/mol. The minimum Gasteiger partial charge on any atom is -0.402 e. The third-order valence-electron chi connectivity index (χ3n) is 5.79. The molecule has 0 saturated carbocycles. The predicted octanol–water partition coefficient (Wildman–Crippen LogP) is 4.14. The zero-order valence-electron chi connectivity index (χ0n) is 21.1. The second kappa shape index (κ2) is 16.1. The van der Waals surface area contributed by atoms with Crippen molar-refractivity contribution in [1.82, 2.24) is 10.6 Å². The molecule has 0 unspecified atom stereocenters. The first-order valence-electron chi connectivity index (χ1n) is 12.2. The fraction of sp³-hybridized carbons (Fsp3) is 0.393. The number of hydrogen-bond acceptors (Lipinski definition) is 6. The molecule has 1 amide bonds. The average Bonchev–Trinajstić information content (AvgIpc) is 2.88. The van der Waals surface area contributed by atoms with Gasteiger partial charge in [0.1, 0.15) is 11.9 Å². The summed E-state index contributed by atoms with van der Waals surface area (Å²) in [5.41, 5.74) is 11.3. The topological polar surface area (TPSA) is 113 Å². The van der Waals surface area contributed by atoms with Gasteiger partial charge in [-0.2, -0.15) is 5.26 Å². The van der Waals surface area contributed by atoms with E-state index in [1.165, 1.54) is 12.1 Å². The van der Waals surface area contributed by atoms with Gasteiger partial charge in [-0.05, 0) is 61.4 Å². The highest BCUT2D eigenvalue weighted by Gasteiger charge is 2.18. The molecule has 2 rings (SSSR count). The zero-order chi connectivity index (χ0) is 26.2. The first-order chi connectivity index (χ1) is 17.5. The molecule has 0 aliphatic heterocycles. The Hall–Kier alpha value is -3.70. The van der Waals surface area contributed by atoms with Gasteiger partial charge >= 0.3 is 0 Å². The first kappa shape index (κ1) is 28.5. The number of nitrogens with zero attached hydrogens (tertiary/aromatic N) is 2. The number of carbonyl (C=O) groups excluding carboxylic acids is 1. The minimum atomic E-state index is -0.555. The lowest BCUT2D eigenvalue weighted by atomic mass is 9.90. The summed E-state index contributed by atoms with van der Waals surface area (Å²) in [6.07, 6.45) is 13.7. The summed E-state index contributed by atoms with van der Waals surface area (Å²) >= 11 is 0. The van der Waals surface area contributed by atoms with Gasteiger partial charge in [-0.1, -0.05) is 24.6 Å². The molecule has 0 fully saturated rings. The Morgan fingerprint density at radius 2 is 2.11 bits per heavy atom. The quantitative estimate of drug-likeness (QED) is 0.147. The van der Waals surface area contributed by atoms with Gasteiger partial charge in [0, 0.05) is 56.0 Å². The Bertz CT molecular complexity index is 1080. The van der Waals surface area contributed by atoms with Crippen LogP contribution in [-0.2, 0) is 9.53 Å². The number of carbonyl (C=O) groups is 1. The van der Waals surface area contributed by atoms with Gasteiger partial charge in [-0.15, -0.1) is 0 Å². The molecule has 8 heteroatoms. The third kappa shape index (κ3) is 8.82. The number of nitrogens with one attached hydrogen (secondary N) is 2. The third-order valence-corrected chi connectivity index (χ3v) is 5.79. The Morgan fingerprint density at radius 1 is 1.28 bits per heavy atom. The molecule has 1 aromatic rings. The highest BCUT2D eigenvalue weighted by Crippen LogP contribution is 2.31. The molecule has 0 aromatic heterocycles. The van der Waals surface area contributed by atoms with Crippen molar-refractivity contribution in [3.05, 3.63) is 75.9 Å². The van der Waals surface area contributed by atoms with Crippen molar-refractivity contribution in [3.8, 4) is 6.07 Å². The summed E-state index contributed by atoms with van der Waals surface area (Å²) in [5, 5.41) is 15.3. The van der Waals surface area contributed by atoms with Crippen LogP contribution in [0.15, 0.2) is 64.0 Å². The molecule has 0 radical (unpaired) electrons. The van der Waals surface area contributed by atoms with E-state index in [1.54, 1.807) is 26.4 Å². The summed E-state index contributed by atoms with van der Waals surface area (Å²) < 4.78 is 19.9. The van der Waals surface area contributed by atoms with Crippen LogP contribution < -0.4 is 16.4 Å². The van der Waals surface area contributed by atoms with Crippen LogP contribution in [0, 0.1) is 17.1 Å². The number of benzene rings is 1. The summed E-state index contributed by atoms with van der Waals surface area (Å²) in [4.78, 5) is 14.5. The van der Waals surface area contributed by atoms with Crippen molar-refractivity contribution in [3.63, 3.8) is 0 Å². The second-order valence-corrected chi connectivity index (χ2v) is 8.38. The largest absolute Gasteiger partial charge is 0.402 e. The molecule has 0 atom stereocenters. The molecule has 0 bridgehead atoms. The van der Waals surface area contributed by atoms with Gasteiger partial charge in [-0.25, -0.2) is 4.39 Å². The molecule has 1 aliphatic rings. The van der Waals surface area contributed by atoms with Gasteiger partial charge in [0.2, 0.25) is 6.41 Å². The number of rotatable bonds is 15. The molecule has 192 valence electrons. The maximum Gasteiger partial charge on any atom is 0.207 e. The molecule has 0 saturated heterocycles. The fourth-order valence-electron chi connectivity index (χ4n) is 3.91. The minimum absolute atomic E-state index is 0.00828. The van der Waals surface area contributed by atoms with Crippen LogP contribution in [0.25, 0.3) is 5.57 Å². The second-order valence-electron chi connectivity index (χ2n) is 8.38. The van der Waals surface area contributed by atoms with Crippen LogP contribution in [0.1, 0.15) is 49.7 Å². The van der Waals surface area contributed by atoms with Crippen molar-refractivity contribution in [1.29, 1.82) is 5.26 Å². The highest BCUT2D eigenvalue weighted by molar-refractivity contribution is 5.86. The maximum atomic E-state index is 14.6. The Balaban J connectivity index is 2.49. The summed E-state index contributed by atoms with van der Waals surface area (Å²) in [6.45, 7) is 1.75. The van der Waals surface area contributed by atoms with E-state index in [4.69, 9.17) is 10.5 Å². The van der Waals surface area contributed by atoms with Gasteiger partial charge in [0.25, 0.3) is 0 Å². The van der Waals surface area contributed by atoms with E-state index in [1.807, 2.05) is 18.2 Å². The van der Waals surface area contributed by atoms with Crippen LogP contribution in [0.2, 0.25) is 0 Å². The number of nitriles is 1. The van der Waals surface area contributed by atoms with E-state index in [0.29, 0.717) is 38.1 Å². The van der Waals surface area contributed by atoms with Crippen molar-refractivity contribution < 1.29 is 13.9 Å². The monoisotopic (exact) mass is 493 g/mol. The van der Waals surface area contributed by atoms with Crippen molar-refractivity contribution >= 4 is 18.2 Å². The van der Waals surface area contributed by atoms with Gasteiger partial charge in [0.15, 0.2) is 0 Å². The van der Waals surface area contributed by atoms with Crippen LogP contribution in [0.4, 0.5) is 4.39 Å². The van der Waals surface area contributed by atoms with Gasteiger partial charge in [-0.3, -0.25) is 9.79 Å². The Labute approximate surface area is 213 Å². The molecule has 36 heavy (non-hydrogen) atoms. The molecular weight excluding hydrogens is 457 g/mol. The molecule has 1 aliphatic carbocycles. The smallest absolute Gasteiger partial charge is 0.207 e. The van der Waals surface area contributed by atoms with Crippen molar-refractivity contribution in [2.75, 3.05) is 33.9 Å². The SMILES string of the molecule is CN=CC1=C(N)CCC(/C(NCCOC)=C(/C=C/CCCCCNC=O)c2ccc(C#N)c(F)c2)=C1. The zero-order valence-corrected chi connectivity index (χ0v) is 21.1. The number of aliphatic imine (C=N–C) groups is 1. The molecule has 0 heterocycles. The number of halogens is 1. The average molecular weight is 494 g/mol. The number of amides is 1. The maximum absolute atomic E-state index is 14.6. The fourth-order valence-corrected chi connectivity index (χ4v) is 3.91. The van der Waals surface area contributed by atoms with Crippen molar-refractivity contribution in [2.45, 2.75) is 38.5 Å². The summed E-state index contributed by atoms with van der Waals surface area (Å²) in [6, 6.07) is 6.57. The van der Waals surface area contributed by atoms with Gasteiger partial charge < -0.3 is 21.1 Å². The number of unbranched alkanes of at least 4 members (excludes halogenated alkanes) is 3. The normalized spacial score (nSPS) is 14.6. The number of methoxy groups -OCH3 is 1. The van der Waals surface area contributed by atoms with Crippen molar-refractivity contribution in [2.24, 2.45) is 10.7 Å². The van der Waals surface area contributed by atoms with Crippen LogP contribution in [0.3, 0.4) is 0 Å². The van der Waals surface area contributed by atoms with E-state index in [9.17, 15) is 14.4 Å². The first-order valence-corrected chi connectivity index (χ1v) is 12.2. The lowest BCUT2D eigenvalue weighted by Crippen LogP contribution is -2.23. The number of ether oxygens (including phenoxy) is 1. The Kier molecular flexibility index (Phi) is 12.7. The van der Waals surface area contributed by atoms with E-state index < -0.39 is 5.82 Å². The van der Waals surface area contributed by atoms with Crippen LogP contribution >= 0.6 is 0 Å². The van der Waals surface area contributed by atoms with E-state index >= 15 is 0 Å². The molecule has 0 spiro atoms. The summed E-state index contributed by atoms with van der Waals surface area (Å²) in [7, 11) is 3.35. The molecule has 7 nitrogen and oxygen atoms in total. The number of allylic oxidation sites excluding steroid dienone is 7. The standard InChI is InChI=1S/C28H36FN5O2/c1-32-19-24-16-22(11-12-27(24)31)28(34-14-15-36-2)25(8-6-4-3-5-7-13-33-20-35)21-9-10-23(18-30)26(29)17-21/h6,8-10,16-17,19-20,34H,3-5,7,11-15,31H2,1-2H3,(H,33,35)/b8-6+,28-25+,32-19?. The molecule has 1 aromatic carbocycles. The lowest BCUT2D eigenvalue weighted by molar-refractivity contribution is -0.109. The van der Waals surface area contributed by atoms with E-state index in [-0.39, 0.29) is 5.56 Å². The Morgan fingerprint density at radius 3 is 2.81 bits per heavy atom. The highest BCUT2D eigenvalue weighted by atomic mass is 19.1. The van der Waals surface area contributed by atoms with Gasteiger partial charge in [0.05, 0.1) is 12.2 Å². The van der Waals surface area contributed by atoms with E-state index in [2.05, 4.69) is 21.7 Å². The lowest BCUT2D eigenvalue weighted by Gasteiger charge is -2.22. The number of hydrogen-bond donors (Lipinski definition) is 3. The summed E-state index contributed by atoms with van der Waals surface area (Å²) in [5.74, 6) is -0.555. The molecular formula is C28H36FN5O2. The van der Waals surface area contributed by atoms with Crippen LogP contribution in [0.5, 0.6) is 0 Å².